The van der Waals surface area contributed by atoms with E-state index < -0.39 is 5.97 Å². The van der Waals surface area contributed by atoms with E-state index in [1.54, 1.807) is 6.07 Å². The summed E-state index contributed by atoms with van der Waals surface area (Å²) in [5.41, 5.74) is 2.94. The number of nitrogens with zero attached hydrogens (tertiary/aromatic N) is 2. The number of hydrogen-bond acceptors (Lipinski definition) is 5. The fourth-order valence-electron chi connectivity index (χ4n) is 3.53. The topological polar surface area (TPSA) is 72.7 Å². The first kappa shape index (κ1) is 21.6. The molecular weight excluding hydrogens is 422 g/mol. The molecule has 0 bridgehead atoms. The number of amides is 1. The highest BCUT2D eigenvalue weighted by Gasteiger charge is 2.21. The molecule has 0 saturated carbocycles. The summed E-state index contributed by atoms with van der Waals surface area (Å²) < 4.78 is 7.13. The summed E-state index contributed by atoms with van der Waals surface area (Å²) in [5.74, 6) is -0.986. The molecule has 0 aliphatic rings. The Kier molecular flexibility index (Phi) is 6.87. The van der Waals surface area contributed by atoms with Gasteiger partial charge in [-0.2, -0.15) is 0 Å². The lowest BCUT2D eigenvalue weighted by molar-refractivity contribution is -0.125. The zero-order chi connectivity index (χ0) is 22.3. The Hall–Kier alpha value is -3.58. The van der Waals surface area contributed by atoms with Crippen LogP contribution in [0.2, 0.25) is 0 Å². The van der Waals surface area contributed by atoms with Gasteiger partial charge in [-0.15, -0.1) is 0 Å². The highest BCUT2D eigenvalue weighted by molar-refractivity contribution is 7.98. The van der Waals surface area contributed by atoms with Gasteiger partial charge < -0.3 is 10.1 Å². The summed E-state index contributed by atoms with van der Waals surface area (Å²) in [4.78, 5) is 29.7. The quantitative estimate of drug-likeness (QED) is 0.323. The van der Waals surface area contributed by atoms with Crippen molar-refractivity contribution in [2.24, 2.45) is 0 Å². The van der Waals surface area contributed by atoms with Gasteiger partial charge in [0.25, 0.3) is 5.91 Å². The van der Waals surface area contributed by atoms with Crippen LogP contribution in [0.4, 0.5) is 0 Å². The molecular formula is C25H23N3O3S. The molecule has 0 saturated heterocycles. The van der Waals surface area contributed by atoms with Crippen LogP contribution in [0.15, 0.2) is 90.2 Å². The minimum atomic E-state index is -0.622. The number of thioether (sulfide) groups is 1. The average Bonchev–Trinajstić information content (AvgIpc) is 3.22. The van der Waals surface area contributed by atoms with Crippen LogP contribution in [0.25, 0.3) is 5.52 Å². The molecule has 0 aliphatic carbocycles. The van der Waals surface area contributed by atoms with Crippen LogP contribution in [-0.2, 0) is 16.0 Å². The van der Waals surface area contributed by atoms with E-state index in [0.29, 0.717) is 17.1 Å². The van der Waals surface area contributed by atoms with Crippen LogP contribution in [-0.4, -0.2) is 34.1 Å². The number of ether oxygens (including phenoxy) is 1. The second-order valence-electron chi connectivity index (χ2n) is 7.20. The number of hydrogen-bond donors (Lipinski definition) is 1. The lowest BCUT2D eigenvalue weighted by Crippen LogP contribution is -2.33. The zero-order valence-corrected chi connectivity index (χ0v) is 18.4. The summed E-state index contributed by atoms with van der Waals surface area (Å²) in [5, 5.41) is 3.68. The number of fused-ring (bicyclic) bond motifs is 1. The summed E-state index contributed by atoms with van der Waals surface area (Å²) in [7, 11) is 0. The molecule has 2 aromatic heterocycles. The SMILES string of the molecule is CSc1nc(C(=O)OCC(=O)N[C@@H](Cc2ccccc2)c2ccccc2)c2ccccn12. The number of aromatic nitrogens is 2. The summed E-state index contributed by atoms with van der Waals surface area (Å²) >= 11 is 1.43. The molecule has 1 atom stereocenters. The van der Waals surface area contributed by atoms with Gasteiger partial charge in [-0.3, -0.25) is 9.20 Å². The minimum Gasteiger partial charge on any atom is -0.451 e. The number of carbonyl (C=O) groups excluding carboxylic acids is 2. The van der Waals surface area contributed by atoms with Crippen molar-refractivity contribution in [3.63, 3.8) is 0 Å². The number of imidazole rings is 1. The van der Waals surface area contributed by atoms with Crippen LogP contribution >= 0.6 is 11.8 Å². The Morgan fingerprint density at radius 3 is 2.41 bits per heavy atom. The van der Waals surface area contributed by atoms with Crippen molar-refractivity contribution in [3.05, 3.63) is 102 Å². The average molecular weight is 446 g/mol. The Morgan fingerprint density at radius 1 is 1.00 bits per heavy atom. The molecule has 32 heavy (non-hydrogen) atoms. The third kappa shape index (κ3) is 5.00. The first-order valence-corrected chi connectivity index (χ1v) is 11.4. The molecule has 6 nitrogen and oxygen atoms in total. The number of pyridine rings is 1. The second-order valence-corrected chi connectivity index (χ2v) is 7.97. The van der Waals surface area contributed by atoms with Crippen molar-refractivity contribution >= 4 is 29.2 Å². The molecule has 162 valence electrons. The van der Waals surface area contributed by atoms with Crippen molar-refractivity contribution in [1.82, 2.24) is 14.7 Å². The van der Waals surface area contributed by atoms with Gasteiger partial charge in [-0.1, -0.05) is 78.5 Å². The standard InChI is InChI=1S/C25H23N3O3S/c1-32-25-27-23(21-14-8-9-15-28(21)25)24(30)31-17-22(29)26-20(19-12-6-3-7-13-19)16-18-10-4-2-5-11-18/h2-15,20H,16-17H2,1H3,(H,26,29)/t20-/m0/s1. The zero-order valence-electron chi connectivity index (χ0n) is 17.6. The van der Waals surface area contributed by atoms with Crippen molar-refractivity contribution < 1.29 is 14.3 Å². The van der Waals surface area contributed by atoms with E-state index in [2.05, 4.69) is 10.3 Å². The molecule has 0 spiro atoms. The fraction of sp³-hybridized carbons (Fsp3) is 0.160. The maximum atomic E-state index is 12.7. The van der Waals surface area contributed by atoms with Gasteiger partial charge in [0.1, 0.15) is 0 Å². The van der Waals surface area contributed by atoms with E-state index in [1.165, 1.54) is 11.8 Å². The van der Waals surface area contributed by atoms with Crippen LogP contribution < -0.4 is 5.32 Å². The van der Waals surface area contributed by atoms with Gasteiger partial charge in [0.15, 0.2) is 17.5 Å². The smallest absolute Gasteiger partial charge is 0.359 e. The van der Waals surface area contributed by atoms with E-state index in [4.69, 9.17) is 4.74 Å². The molecule has 0 radical (unpaired) electrons. The highest BCUT2D eigenvalue weighted by atomic mass is 32.2. The maximum absolute atomic E-state index is 12.7. The van der Waals surface area contributed by atoms with Crippen molar-refractivity contribution in [1.29, 1.82) is 0 Å². The highest BCUT2D eigenvalue weighted by Crippen LogP contribution is 2.21. The number of carbonyl (C=O) groups is 2. The first-order valence-electron chi connectivity index (χ1n) is 10.2. The van der Waals surface area contributed by atoms with Crippen LogP contribution in [0, 0.1) is 0 Å². The van der Waals surface area contributed by atoms with Crippen LogP contribution in [0.5, 0.6) is 0 Å². The van der Waals surface area contributed by atoms with Gasteiger partial charge in [-0.25, -0.2) is 9.78 Å². The number of benzene rings is 2. The minimum absolute atomic E-state index is 0.201. The van der Waals surface area contributed by atoms with E-state index >= 15 is 0 Å². The summed E-state index contributed by atoms with van der Waals surface area (Å²) in [6, 6.07) is 25.0. The lowest BCUT2D eigenvalue weighted by Gasteiger charge is -2.19. The van der Waals surface area contributed by atoms with Crippen molar-refractivity contribution in [3.8, 4) is 0 Å². The monoisotopic (exact) mass is 445 g/mol. The molecule has 0 aliphatic heterocycles. The number of rotatable bonds is 8. The fourth-order valence-corrected chi connectivity index (χ4v) is 4.07. The molecule has 2 aromatic carbocycles. The Labute approximate surface area is 190 Å². The van der Waals surface area contributed by atoms with E-state index in [0.717, 1.165) is 11.1 Å². The van der Waals surface area contributed by atoms with Gasteiger partial charge in [0, 0.05) is 6.20 Å². The lowest BCUT2D eigenvalue weighted by atomic mass is 9.99. The van der Waals surface area contributed by atoms with E-state index in [-0.39, 0.29) is 24.2 Å². The third-order valence-electron chi connectivity index (χ3n) is 5.05. The first-order chi connectivity index (χ1) is 15.7. The molecule has 0 unspecified atom stereocenters. The molecule has 7 heteroatoms. The molecule has 2 heterocycles. The summed E-state index contributed by atoms with van der Waals surface area (Å²) in [6.07, 6.45) is 4.36. The maximum Gasteiger partial charge on any atom is 0.359 e. The van der Waals surface area contributed by atoms with E-state index in [9.17, 15) is 9.59 Å². The second kappa shape index (κ2) is 10.2. The van der Waals surface area contributed by atoms with Crippen LogP contribution in [0.3, 0.4) is 0 Å². The van der Waals surface area contributed by atoms with Gasteiger partial charge in [-0.05, 0) is 35.9 Å². The van der Waals surface area contributed by atoms with Gasteiger partial charge in [0.2, 0.25) is 0 Å². The molecule has 0 fully saturated rings. The summed E-state index contributed by atoms with van der Waals surface area (Å²) in [6.45, 7) is -0.378. The molecule has 1 N–H and O–H groups in total. The Bertz CT molecular complexity index is 1210. The van der Waals surface area contributed by atoms with Crippen LogP contribution in [0.1, 0.15) is 27.7 Å². The predicted octanol–water partition coefficient (Wildman–Crippen LogP) is 4.31. The van der Waals surface area contributed by atoms with Gasteiger partial charge >= 0.3 is 5.97 Å². The Morgan fingerprint density at radius 2 is 1.69 bits per heavy atom. The largest absolute Gasteiger partial charge is 0.451 e. The number of esters is 1. The molecule has 1 amide bonds. The third-order valence-corrected chi connectivity index (χ3v) is 5.70. The normalized spacial score (nSPS) is 11.8. The Balaban J connectivity index is 1.44. The predicted molar refractivity (Wildman–Crippen MR) is 125 cm³/mol. The molecule has 4 aromatic rings. The number of nitrogens with one attached hydrogen (secondary N) is 1. The van der Waals surface area contributed by atoms with E-state index in [1.807, 2.05) is 89.6 Å². The van der Waals surface area contributed by atoms with Crippen molar-refractivity contribution in [2.45, 2.75) is 17.6 Å². The molecule has 4 rings (SSSR count). The van der Waals surface area contributed by atoms with Crippen molar-refractivity contribution in [2.75, 3.05) is 12.9 Å². The van der Waals surface area contributed by atoms with Gasteiger partial charge in [0.05, 0.1) is 11.6 Å².